The summed E-state index contributed by atoms with van der Waals surface area (Å²) in [7, 11) is 2.16. The van der Waals surface area contributed by atoms with E-state index in [0.29, 0.717) is 35.1 Å². The molecule has 2 aromatic heterocycles. The van der Waals surface area contributed by atoms with E-state index in [2.05, 4.69) is 42.2 Å². The molecule has 9 nitrogen and oxygen atoms in total. The molecule has 2 aromatic carbocycles. The molecule has 2 bridgehead atoms. The van der Waals surface area contributed by atoms with E-state index in [1.165, 1.54) is 12.1 Å². The summed E-state index contributed by atoms with van der Waals surface area (Å²) in [4.78, 5) is 17.1. The average Bonchev–Trinajstić information content (AvgIpc) is 3.56. The van der Waals surface area contributed by atoms with E-state index in [0.717, 1.165) is 41.6 Å². The number of aromatic hydroxyl groups is 1. The zero-order valence-electron chi connectivity index (χ0n) is 23.8. The van der Waals surface area contributed by atoms with E-state index in [9.17, 15) is 14.6 Å². The van der Waals surface area contributed by atoms with Crippen LogP contribution in [0.4, 0.5) is 10.2 Å². The predicted octanol–water partition coefficient (Wildman–Crippen LogP) is 4.34. The number of imidazole rings is 1. The number of aliphatic hydroxyl groups is 1. The van der Waals surface area contributed by atoms with Gasteiger partial charge in [0.2, 0.25) is 0 Å². The molecule has 5 atom stereocenters. The van der Waals surface area contributed by atoms with E-state index in [1.54, 1.807) is 18.5 Å². The Morgan fingerprint density at radius 1 is 1.21 bits per heavy atom. The minimum atomic E-state index is -0.752. The van der Waals surface area contributed by atoms with Crippen LogP contribution in [0, 0.1) is 11.7 Å². The molecule has 1 saturated heterocycles. The van der Waals surface area contributed by atoms with Gasteiger partial charge in [0.15, 0.2) is 28.8 Å². The number of benzene rings is 2. The summed E-state index contributed by atoms with van der Waals surface area (Å²) in [6.07, 6.45) is 6.14. The molecule has 10 heteroatoms. The number of nitrogens with zero attached hydrogens (tertiary/aromatic N) is 5. The maximum absolute atomic E-state index is 13.9. The fourth-order valence-corrected chi connectivity index (χ4v) is 7.89. The smallest absolute Gasteiger partial charge is 0.166 e. The molecule has 42 heavy (non-hydrogen) atoms. The molecular weight excluding hydrogens is 535 g/mol. The van der Waals surface area contributed by atoms with Crippen LogP contribution in [0.2, 0.25) is 0 Å². The van der Waals surface area contributed by atoms with Gasteiger partial charge in [-0.1, -0.05) is 24.3 Å². The number of aromatic nitrogens is 4. The zero-order valence-corrected chi connectivity index (χ0v) is 23.8. The standard InChI is InChI=1S/C32H33FN6O3/c1-16(2)39-15-35-26-30(34-14-17-5-4-6-18(33)11-17)36-29(37-31(26)39)20-13-24(41)27-25-19(20)12-22-21-7-8-23(40)28(42-27)32(21,25)9-10-38(22)3/h4-8,11,13,15-16,21-23,28,40-41H,9-10,12,14H2,1-3H3,(H,34,36,37)/t21-,22+,23-,28-,32-/m0/s1. The number of nitrogens with one attached hydrogen (secondary N) is 1. The molecule has 4 heterocycles. The van der Waals surface area contributed by atoms with Crippen molar-refractivity contribution in [1.29, 1.82) is 0 Å². The Morgan fingerprint density at radius 3 is 2.88 bits per heavy atom. The third-order valence-electron chi connectivity index (χ3n) is 9.85. The van der Waals surface area contributed by atoms with E-state index >= 15 is 0 Å². The lowest BCUT2D eigenvalue weighted by atomic mass is 9.53. The Hall–Kier alpha value is -4.02. The van der Waals surface area contributed by atoms with E-state index in [1.807, 2.05) is 16.7 Å². The Bertz CT molecular complexity index is 1790. The largest absolute Gasteiger partial charge is 0.504 e. The van der Waals surface area contributed by atoms with Crippen molar-refractivity contribution in [2.45, 2.75) is 62.9 Å². The van der Waals surface area contributed by atoms with Crippen molar-refractivity contribution in [2.24, 2.45) is 5.92 Å². The first-order valence-corrected chi connectivity index (χ1v) is 14.6. The minimum absolute atomic E-state index is 0.0335. The molecule has 1 spiro atoms. The Kier molecular flexibility index (Phi) is 5.49. The van der Waals surface area contributed by atoms with E-state index in [4.69, 9.17) is 14.7 Å². The normalized spacial score (nSPS) is 27.4. The number of rotatable bonds is 5. The number of piperidine rings is 1. The van der Waals surface area contributed by atoms with Gasteiger partial charge in [-0.15, -0.1) is 0 Å². The van der Waals surface area contributed by atoms with Crippen LogP contribution in [0.15, 0.2) is 48.8 Å². The molecule has 4 aliphatic rings. The minimum Gasteiger partial charge on any atom is -0.504 e. The Labute approximate surface area is 242 Å². The average molecular weight is 569 g/mol. The second-order valence-corrected chi connectivity index (χ2v) is 12.4. The number of ether oxygens (including phenoxy) is 1. The highest BCUT2D eigenvalue weighted by atomic mass is 19.1. The number of anilines is 1. The van der Waals surface area contributed by atoms with Gasteiger partial charge in [0.05, 0.1) is 6.33 Å². The zero-order chi connectivity index (χ0) is 28.9. The number of phenols is 1. The van der Waals surface area contributed by atoms with E-state index in [-0.39, 0.29) is 29.6 Å². The van der Waals surface area contributed by atoms with Crippen LogP contribution < -0.4 is 10.1 Å². The first-order chi connectivity index (χ1) is 20.3. The summed E-state index contributed by atoms with van der Waals surface area (Å²) in [5.41, 5.74) is 4.47. The summed E-state index contributed by atoms with van der Waals surface area (Å²) in [6, 6.07) is 8.50. The highest BCUT2D eigenvalue weighted by Gasteiger charge is 2.64. The third kappa shape index (κ3) is 3.45. The van der Waals surface area contributed by atoms with Gasteiger partial charge >= 0.3 is 0 Å². The molecule has 0 radical (unpaired) electrons. The number of hydrogen-bond acceptors (Lipinski definition) is 8. The summed E-state index contributed by atoms with van der Waals surface area (Å²) in [6.45, 7) is 5.39. The Morgan fingerprint density at radius 2 is 2.07 bits per heavy atom. The summed E-state index contributed by atoms with van der Waals surface area (Å²) < 4.78 is 22.3. The van der Waals surface area contributed by atoms with Crippen molar-refractivity contribution in [1.82, 2.24) is 24.4 Å². The van der Waals surface area contributed by atoms with Crippen LogP contribution in [0.1, 0.15) is 43.0 Å². The lowest BCUT2D eigenvalue weighted by Crippen LogP contribution is -2.64. The SMILES string of the molecule is CC(C)n1cnc2c(NCc3cccc(F)c3)nc(-c3cc(O)c4c5c3C[C@@H]3[C@@H]6C=C[C@H](O)[C@H](O4)[C@]56CCN3C)nc21. The topological polar surface area (TPSA) is 109 Å². The summed E-state index contributed by atoms with van der Waals surface area (Å²) in [5.74, 6) is 1.41. The first kappa shape index (κ1) is 25.7. The second kappa shape index (κ2) is 8.99. The van der Waals surface area contributed by atoms with Gasteiger partial charge in [-0.3, -0.25) is 0 Å². The molecular formula is C32H33FN6O3. The lowest BCUT2D eigenvalue weighted by Gasteiger charge is -2.56. The van der Waals surface area contributed by atoms with Crippen molar-refractivity contribution in [3.05, 3.63) is 71.3 Å². The van der Waals surface area contributed by atoms with E-state index < -0.39 is 17.6 Å². The molecule has 2 aliphatic heterocycles. The molecule has 4 aromatic rings. The van der Waals surface area contributed by atoms with Crippen LogP contribution in [0.3, 0.4) is 0 Å². The van der Waals surface area contributed by atoms with Crippen LogP contribution in [0.5, 0.6) is 11.5 Å². The molecule has 8 rings (SSSR count). The number of halogens is 1. The molecule has 2 aliphatic carbocycles. The van der Waals surface area contributed by atoms with Crippen LogP contribution in [-0.4, -0.2) is 66.5 Å². The van der Waals surface area contributed by atoms with Crippen LogP contribution in [-0.2, 0) is 18.4 Å². The number of aliphatic hydroxyl groups excluding tert-OH is 1. The van der Waals surface area contributed by atoms with Gasteiger partial charge in [-0.05, 0) is 69.6 Å². The van der Waals surface area contributed by atoms with Crippen LogP contribution >= 0.6 is 0 Å². The van der Waals surface area contributed by atoms with Gasteiger partial charge in [-0.25, -0.2) is 19.3 Å². The van der Waals surface area contributed by atoms with Gasteiger partial charge in [-0.2, -0.15) is 0 Å². The van der Waals surface area contributed by atoms with Gasteiger partial charge in [0.25, 0.3) is 0 Å². The van der Waals surface area contributed by atoms with Crippen molar-refractivity contribution < 1.29 is 19.3 Å². The van der Waals surface area contributed by atoms with Gasteiger partial charge in [0.1, 0.15) is 23.5 Å². The van der Waals surface area contributed by atoms with Crippen molar-refractivity contribution in [3.8, 4) is 22.9 Å². The lowest BCUT2D eigenvalue weighted by molar-refractivity contribution is -0.0452. The Balaban J connectivity index is 1.33. The number of phenolic OH excluding ortho intramolecular Hbond substituents is 1. The third-order valence-corrected chi connectivity index (χ3v) is 9.85. The predicted molar refractivity (Wildman–Crippen MR) is 156 cm³/mol. The fraction of sp³-hybridized carbons (Fsp3) is 0.406. The molecule has 3 N–H and O–H groups in total. The molecule has 0 unspecified atom stereocenters. The summed E-state index contributed by atoms with van der Waals surface area (Å²) in [5, 5.41) is 25.8. The molecule has 1 fully saturated rings. The monoisotopic (exact) mass is 568 g/mol. The highest BCUT2D eigenvalue weighted by Crippen LogP contribution is 2.63. The number of hydrogen-bond donors (Lipinski definition) is 3. The van der Waals surface area contributed by atoms with Gasteiger partial charge < -0.3 is 29.7 Å². The first-order valence-electron chi connectivity index (χ1n) is 14.6. The number of likely N-dealkylation sites (tertiary alicyclic amines) is 1. The molecule has 0 saturated carbocycles. The van der Waals surface area contributed by atoms with Crippen LogP contribution in [0.25, 0.3) is 22.6 Å². The highest BCUT2D eigenvalue weighted by molar-refractivity contribution is 5.86. The maximum Gasteiger partial charge on any atom is 0.166 e. The van der Waals surface area contributed by atoms with Crippen molar-refractivity contribution >= 4 is 17.0 Å². The fourth-order valence-electron chi connectivity index (χ4n) is 7.89. The maximum atomic E-state index is 13.9. The quantitative estimate of drug-likeness (QED) is 0.305. The van der Waals surface area contributed by atoms with Crippen molar-refractivity contribution in [3.63, 3.8) is 0 Å². The van der Waals surface area contributed by atoms with Gasteiger partial charge in [0, 0.05) is 41.1 Å². The molecule has 0 amide bonds. The summed E-state index contributed by atoms with van der Waals surface area (Å²) >= 11 is 0. The second-order valence-electron chi connectivity index (χ2n) is 12.4. The number of likely N-dealkylation sites (N-methyl/N-ethyl adjacent to an activating group) is 1. The van der Waals surface area contributed by atoms with Crippen molar-refractivity contribution in [2.75, 3.05) is 18.9 Å². The molecule has 216 valence electrons. The number of fused-ring (bicyclic) bond motifs is 1.